The fourth-order valence-corrected chi connectivity index (χ4v) is 2.93. The summed E-state index contributed by atoms with van der Waals surface area (Å²) in [6.07, 6.45) is 1.19. The number of aryl methyl sites for hydroxylation is 2. The van der Waals surface area contributed by atoms with Gasteiger partial charge in [-0.2, -0.15) is 0 Å². The molecule has 6 nitrogen and oxygen atoms in total. The molecule has 1 unspecified atom stereocenters. The average molecular weight is 393 g/mol. The van der Waals surface area contributed by atoms with Crippen molar-refractivity contribution in [1.82, 2.24) is 14.8 Å². The molecule has 0 aliphatic carbocycles. The lowest BCUT2D eigenvalue weighted by Crippen LogP contribution is -2.39. The third-order valence-electron chi connectivity index (χ3n) is 4.05. The number of halogens is 1. The van der Waals surface area contributed by atoms with Crippen LogP contribution in [-0.2, 0) is 13.6 Å². The van der Waals surface area contributed by atoms with Crippen LogP contribution in [0.1, 0.15) is 18.2 Å². The van der Waals surface area contributed by atoms with Gasteiger partial charge in [0.15, 0.2) is 5.96 Å². The predicted molar refractivity (Wildman–Crippen MR) is 111 cm³/mol. The molecule has 0 spiro atoms. The van der Waals surface area contributed by atoms with E-state index in [0.717, 1.165) is 29.5 Å². The Morgan fingerprint density at radius 1 is 1.41 bits per heavy atom. The quantitative estimate of drug-likeness (QED) is 0.535. The van der Waals surface area contributed by atoms with Gasteiger partial charge in [0.2, 0.25) is 0 Å². The number of aliphatic hydroxyl groups is 1. The minimum absolute atomic E-state index is 0.198. The minimum Gasteiger partial charge on any atom is -0.491 e. The van der Waals surface area contributed by atoms with Gasteiger partial charge in [-0.1, -0.05) is 23.7 Å². The molecule has 1 atom stereocenters. The maximum Gasteiger partial charge on any atom is 0.194 e. The number of ether oxygens (including phenoxy) is 1. The second-order valence-electron chi connectivity index (χ2n) is 6.59. The van der Waals surface area contributed by atoms with Crippen molar-refractivity contribution in [3.05, 3.63) is 52.8 Å². The zero-order chi connectivity index (χ0) is 19.8. The zero-order valence-corrected chi connectivity index (χ0v) is 17.2. The first-order valence-corrected chi connectivity index (χ1v) is 9.44. The van der Waals surface area contributed by atoms with E-state index in [2.05, 4.69) is 10.3 Å². The molecule has 7 heteroatoms. The maximum atomic E-state index is 10.2. The lowest BCUT2D eigenvalue weighted by atomic mass is 10.2. The molecule has 0 bridgehead atoms. The summed E-state index contributed by atoms with van der Waals surface area (Å²) >= 11 is 6.06. The van der Waals surface area contributed by atoms with Crippen molar-refractivity contribution < 1.29 is 9.84 Å². The summed E-state index contributed by atoms with van der Waals surface area (Å²) in [6, 6.07) is 9.70. The highest BCUT2D eigenvalue weighted by molar-refractivity contribution is 6.30. The van der Waals surface area contributed by atoms with Crippen LogP contribution in [0.15, 0.2) is 41.5 Å². The third kappa shape index (κ3) is 6.81. The minimum atomic E-state index is -0.683. The normalized spacial score (nSPS) is 12.7. The Bertz CT molecular complexity index is 760. The standard InChI is InChI=1S/C20H29ClN4O2/c1-5-22-20(25(4)13-17-10-16(21)12-24(17)3)23-11-18(26)14-27-19-8-6-7-15(2)9-19/h6-10,12,18,26H,5,11,13-14H2,1-4H3,(H,22,23). The van der Waals surface area contributed by atoms with E-state index >= 15 is 0 Å². The first-order valence-electron chi connectivity index (χ1n) is 9.06. The smallest absolute Gasteiger partial charge is 0.194 e. The molecule has 148 valence electrons. The van der Waals surface area contributed by atoms with Crippen molar-refractivity contribution in [2.75, 3.05) is 26.7 Å². The Hall–Kier alpha value is -2.18. The molecule has 0 fully saturated rings. The van der Waals surface area contributed by atoms with Gasteiger partial charge in [-0.05, 0) is 37.6 Å². The van der Waals surface area contributed by atoms with E-state index in [1.165, 1.54) is 0 Å². The van der Waals surface area contributed by atoms with Crippen LogP contribution in [0.3, 0.4) is 0 Å². The van der Waals surface area contributed by atoms with E-state index in [0.29, 0.717) is 11.6 Å². The SMILES string of the molecule is CCNC(=NCC(O)COc1cccc(C)c1)N(C)Cc1cc(Cl)cn1C. The lowest BCUT2D eigenvalue weighted by Gasteiger charge is -2.23. The van der Waals surface area contributed by atoms with Gasteiger partial charge in [0.1, 0.15) is 18.5 Å². The highest BCUT2D eigenvalue weighted by Gasteiger charge is 2.11. The highest BCUT2D eigenvalue weighted by Crippen LogP contribution is 2.14. The van der Waals surface area contributed by atoms with Gasteiger partial charge < -0.3 is 24.6 Å². The molecule has 0 amide bonds. The second-order valence-corrected chi connectivity index (χ2v) is 7.03. The number of aliphatic imine (C=N–C) groups is 1. The number of benzene rings is 1. The van der Waals surface area contributed by atoms with Gasteiger partial charge in [0, 0.05) is 32.5 Å². The predicted octanol–water partition coefficient (Wildman–Crippen LogP) is 2.82. The molecular formula is C20H29ClN4O2. The number of guanidine groups is 1. The third-order valence-corrected chi connectivity index (χ3v) is 4.26. The Kier molecular flexibility index (Phi) is 8.00. The van der Waals surface area contributed by atoms with Crippen LogP contribution < -0.4 is 10.1 Å². The van der Waals surface area contributed by atoms with Gasteiger partial charge >= 0.3 is 0 Å². The van der Waals surface area contributed by atoms with E-state index in [1.54, 1.807) is 0 Å². The molecule has 27 heavy (non-hydrogen) atoms. The number of hydrogen-bond acceptors (Lipinski definition) is 3. The monoisotopic (exact) mass is 392 g/mol. The van der Waals surface area contributed by atoms with E-state index in [-0.39, 0.29) is 13.2 Å². The number of hydrogen-bond donors (Lipinski definition) is 2. The molecule has 2 aromatic rings. The molecule has 0 saturated heterocycles. The van der Waals surface area contributed by atoms with Crippen LogP contribution in [0.25, 0.3) is 0 Å². The molecule has 0 aliphatic rings. The molecule has 2 N–H and O–H groups in total. The first-order chi connectivity index (χ1) is 12.9. The number of aromatic nitrogens is 1. The summed E-state index contributed by atoms with van der Waals surface area (Å²) in [4.78, 5) is 6.54. The van der Waals surface area contributed by atoms with E-state index in [9.17, 15) is 5.11 Å². The molecule has 0 saturated carbocycles. The maximum absolute atomic E-state index is 10.2. The summed E-state index contributed by atoms with van der Waals surface area (Å²) < 4.78 is 7.64. The number of aliphatic hydroxyl groups excluding tert-OH is 1. The van der Waals surface area contributed by atoms with Crippen molar-refractivity contribution >= 4 is 17.6 Å². The fraction of sp³-hybridized carbons (Fsp3) is 0.450. The Balaban J connectivity index is 1.91. The molecule has 2 rings (SSSR count). The van der Waals surface area contributed by atoms with Crippen molar-refractivity contribution in [2.45, 2.75) is 26.5 Å². The molecule has 1 aromatic carbocycles. The van der Waals surface area contributed by atoms with Crippen molar-refractivity contribution in [1.29, 1.82) is 0 Å². The van der Waals surface area contributed by atoms with Crippen LogP contribution in [0.5, 0.6) is 5.75 Å². The zero-order valence-electron chi connectivity index (χ0n) is 16.4. The van der Waals surface area contributed by atoms with Gasteiger partial charge in [-0.3, -0.25) is 4.99 Å². The summed E-state index contributed by atoms with van der Waals surface area (Å²) in [5.41, 5.74) is 2.20. The average Bonchev–Trinajstić information content (AvgIpc) is 2.93. The van der Waals surface area contributed by atoms with Gasteiger partial charge in [-0.15, -0.1) is 0 Å². The molecule has 0 aliphatic heterocycles. The summed E-state index contributed by atoms with van der Waals surface area (Å²) in [7, 11) is 3.92. The summed E-state index contributed by atoms with van der Waals surface area (Å²) in [6.45, 7) is 5.87. The second kappa shape index (κ2) is 10.2. The van der Waals surface area contributed by atoms with Gasteiger partial charge in [-0.25, -0.2) is 0 Å². The summed E-state index contributed by atoms with van der Waals surface area (Å²) in [5, 5.41) is 14.2. The lowest BCUT2D eigenvalue weighted by molar-refractivity contribution is 0.114. The molecular weight excluding hydrogens is 364 g/mol. The largest absolute Gasteiger partial charge is 0.491 e. The Morgan fingerprint density at radius 2 is 2.19 bits per heavy atom. The van der Waals surface area contributed by atoms with Crippen LogP contribution in [0.4, 0.5) is 0 Å². The molecule has 0 radical (unpaired) electrons. The van der Waals surface area contributed by atoms with E-state index < -0.39 is 6.10 Å². The Morgan fingerprint density at radius 3 is 2.81 bits per heavy atom. The number of rotatable bonds is 8. The van der Waals surface area contributed by atoms with E-state index in [4.69, 9.17) is 16.3 Å². The first kappa shape index (κ1) is 21.1. The summed E-state index contributed by atoms with van der Waals surface area (Å²) in [5.74, 6) is 1.48. The van der Waals surface area contributed by atoms with Crippen LogP contribution >= 0.6 is 11.6 Å². The van der Waals surface area contributed by atoms with Crippen molar-refractivity contribution in [2.24, 2.45) is 12.0 Å². The van der Waals surface area contributed by atoms with Crippen molar-refractivity contribution in [3.63, 3.8) is 0 Å². The van der Waals surface area contributed by atoms with Crippen LogP contribution in [-0.4, -0.2) is 53.4 Å². The molecule has 1 heterocycles. The van der Waals surface area contributed by atoms with E-state index in [1.807, 2.05) is 73.9 Å². The molecule has 1 aromatic heterocycles. The number of nitrogens with zero attached hydrogens (tertiary/aromatic N) is 3. The highest BCUT2D eigenvalue weighted by atomic mass is 35.5. The van der Waals surface area contributed by atoms with Crippen LogP contribution in [0.2, 0.25) is 5.02 Å². The fourth-order valence-electron chi connectivity index (χ4n) is 2.65. The topological polar surface area (TPSA) is 62.0 Å². The van der Waals surface area contributed by atoms with Crippen molar-refractivity contribution in [3.8, 4) is 5.75 Å². The Labute approximate surface area is 166 Å². The van der Waals surface area contributed by atoms with Gasteiger partial charge in [0.25, 0.3) is 0 Å². The van der Waals surface area contributed by atoms with Crippen LogP contribution in [0, 0.1) is 6.92 Å². The van der Waals surface area contributed by atoms with Gasteiger partial charge in [0.05, 0.1) is 18.1 Å². The number of nitrogens with one attached hydrogen (secondary N) is 1.